The van der Waals surface area contributed by atoms with Crippen LogP contribution in [0.4, 0.5) is 5.69 Å². The van der Waals surface area contributed by atoms with Crippen molar-refractivity contribution in [2.75, 3.05) is 23.7 Å². The van der Waals surface area contributed by atoms with Gasteiger partial charge in [0.15, 0.2) is 0 Å². The number of nitrogens with zero attached hydrogens (tertiary/aromatic N) is 2. The molecule has 0 bridgehead atoms. The maximum atomic E-state index is 13.2. The first-order valence-corrected chi connectivity index (χ1v) is 13.1. The Kier molecular flexibility index (Phi) is 9.46. The van der Waals surface area contributed by atoms with Crippen LogP contribution < -0.4 is 9.62 Å². The molecule has 8 heteroatoms. The van der Waals surface area contributed by atoms with Gasteiger partial charge in [-0.25, -0.2) is 8.42 Å². The van der Waals surface area contributed by atoms with Crippen LogP contribution in [0, 0.1) is 13.8 Å². The van der Waals surface area contributed by atoms with Gasteiger partial charge in [0.2, 0.25) is 21.8 Å². The molecule has 0 saturated heterocycles. The third-order valence-electron chi connectivity index (χ3n) is 5.53. The standard InChI is InChI=1S/C25H35N3O4S/c1-6-26-25(30)21(4)27(18-22-15-13-19(2)14-16-22)24(29)12-9-17-28(33(5,31)32)23-11-8-7-10-20(23)3/h7-8,10-11,13-16,21H,6,9,12,17-18H2,1-5H3,(H,26,30)/t21-/m0/s1. The van der Waals surface area contributed by atoms with Crippen molar-refractivity contribution < 1.29 is 18.0 Å². The molecule has 180 valence electrons. The maximum absolute atomic E-state index is 13.2. The zero-order chi connectivity index (χ0) is 24.6. The van der Waals surface area contributed by atoms with Crippen molar-refractivity contribution in [2.24, 2.45) is 0 Å². The molecule has 0 aliphatic heterocycles. The van der Waals surface area contributed by atoms with Crippen LogP contribution in [0.5, 0.6) is 0 Å². The lowest BCUT2D eigenvalue weighted by Crippen LogP contribution is -2.47. The fraction of sp³-hybridized carbons (Fsp3) is 0.440. The predicted octanol–water partition coefficient (Wildman–Crippen LogP) is 3.40. The Morgan fingerprint density at radius 2 is 1.67 bits per heavy atom. The van der Waals surface area contributed by atoms with E-state index < -0.39 is 16.1 Å². The van der Waals surface area contributed by atoms with Crippen molar-refractivity contribution in [2.45, 2.75) is 53.1 Å². The molecular formula is C25H35N3O4S. The second-order valence-corrected chi connectivity index (χ2v) is 10.2. The van der Waals surface area contributed by atoms with Crippen LogP contribution in [0.25, 0.3) is 0 Å². The van der Waals surface area contributed by atoms with E-state index in [-0.39, 0.29) is 24.8 Å². The molecule has 0 aliphatic rings. The molecule has 0 unspecified atom stereocenters. The summed E-state index contributed by atoms with van der Waals surface area (Å²) in [5.41, 5.74) is 3.51. The largest absolute Gasteiger partial charge is 0.355 e. The van der Waals surface area contributed by atoms with Crippen molar-refractivity contribution in [3.63, 3.8) is 0 Å². The minimum Gasteiger partial charge on any atom is -0.355 e. The van der Waals surface area contributed by atoms with E-state index in [2.05, 4.69) is 5.32 Å². The Morgan fingerprint density at radius 3 is 2.24 bits per heavy atom. The molecule has 2 amide bonds. The number of carbonyl (C=O) groups excluding carboxylic acids is 2. The van der Waals surface area contributed by atoms with Crippen molar-refractivity contribution in [1.82, 2.24) is 10.2 Å². The molecule has 0 aliphatic carbocycles. The highest BCUT2D eigenvalue weighted by Crippen LogP contribution is 2.23. The topological polar surface area (TPSA) is 86.8 Å². The van der Waals surface area contributed by atoms with Gasteiger partial charge in [-0.2, -0.15) is 0 Å². The fourth-order valence-electron chi connectivity index (χ4n) is 3.62. The molecule has 2 aromatic rings. The molecule has 1 atom stereocenters. The summed E-state index contributed by atoms with van der Waals surface area (Å²) >= 11 is 0. The molecule has 0 fully saturated rings. The lowest BCUT2D eigenvalue weighted by atomic mass is 10.1. The summed E-state index contributed by atoms with van der Waals surface area (Å²) in [7, 11) is -3.50. The van der Waals surface area contributed by atoms with E-state index in [4.69, 9.17) is 0 Å². The SMILES string of the molecule is CCNC(=O)[C@H](C)N(Cc1ccc(C)cc1)C(=O)CCCN(c1ccccc1C)S(C)(=O)=O. The van der Waals surface area contributed by atoms with Gasteiger partial charge in [-0.1, -0.05) is 48.0 Å². The van der Waals surface area contributed by atoms with E-state index in [9.17, 15) is 18.0 Å². The number of hydrogen-bond donors (Lipinski definition) is 1. The van der Waals surface area contributed by atoms with Gasteiger partial charge in [-0.05, 0) is 51.3 Å². The van der Waals surface area contributed by atoms with Crippen LogP contribution in [0.2, 0.25) is 0 Å². The number of amides is 2. The first-order chi connectivity index (χ1) is 15.5. The lowest BCUT2D eigenvalue weighted by molar-refractivity contribution is -0.140. The van der Waals surface area contributed by atoms with Crippen LogP contribution in [0.15, 0.2) is 48.5 Å². The highest BCUT2D eigenvalue weighted by atomic mass is 32.2. The van der Waals surface area contributed by atoms with Crippen molar-refractivity contribution in [1.29, 1.82) is 0 Å². The minimum absolute atomic E-state index is 0.132. The normalized spacial score (nSPS) is 12.2. The van der Waals surface area contributed by atoms with Gasteiger partial charge in [0.25, 0.3) is 0 Å². The zero-order valence-corrected chi connectivity index (χ0v) is 21.0. The zero-order valence-electron chi connectivity index (χ0n) is 20.2. The number of rotatable bonds is 11. The highest BCUT2D eigenvalue weighted by Gasteiger charge is 2.26. The third-order valence-corrected chi connectivity index (χ3v) is 6.71. The lowest BCUT2D eigenvalue weighted by Gasteiger charge is -2.29. The van der Waals surface area contributed by atoms with Crippen LogP contribution in [-0.4, -0.2) is 50.5 Å². The molecule has 0 aromatic heterocycles. The monoisotopic (exact) mass is 473 g/mol. The molecule has 0 heterocycles. The third kappa shape index (κ3) is 7.60. The number of aryl methyl sites for hydroxylation is 2. The Bertz CT molecular complexity index is 1050. The van der Waals surface area contributed by atoms with Crippen LogP contribution in [-0.2, 0) is 26.2 Å². The Balaban J connectivity index is 2.15. The van der Waals surface area contributed by atoms with Gasteiger partial charge in [0.1, 0.15) is 6.04 Å². The summed E-state index contributed by atoms with van der Waals surface area (Å²) in [6.07, 6.45) is 1.64. The molecule has 2 rings (SSSR count). The molecule has 33 heavy (non-hydrogen) atoms. The Hall–Kier alpha value is -2.87. The number of likely N-dealkylation sites (N-methyl/N-ethyl adjacent to an activating group) is 1. The Morgan fingerprint density at radius 1 is 1.03 bits per heavy atom. The maximum Gasteiger partial charge on any atom is 0.242 e. The Labute approximate surface area is 197 Å². The summed E-state index contributed by atoms with van der Waals surface area (Å²) < 4.78 is 26.2. The number of hydrogen-bond acceptors (Lipinski definition) is 4. The van der Waals surface area contributed by atoms with E-state index >= 15 is 0 Å². The van der Waals surface area contributed by atoms with Crippen LogP contribution in [0.3, 0.4) is 0 Å². The average Bonchev–Trinajstić information content (AvgIpc) is 2.76. The molecule has 1 N–H and O–H groups in total. The predicted molar refractivity (Wildman–Crippen MR) is 132 cm³/mol. The van der Waals surface area contributed by atoms with Crippen LogP contribution >= 0.6 is 0 Å². The number of sulfonamides is 1. The average molecular weight is 474 g/mol. The van der Waals surface area contributed by atoms with Gasteiger partial charge in [0, 0.05) is 26.1 Å². The molecule has 0 radical (unpaired) electrons. The first kappa shape index (κ1) is 26.4. The molecule has 7 nitrogen and oxygen atoms in total. The molecular weight excluding hydrogens is 438 g/mol. The van der Waals surface area contributed by atoms with E-state index in [1.165, 1.54) is 10.6 Å². The second-order valence-electron chi connectivity index (χ2n) is 8.30. The van der Waals surface area contributed by atoms with E-state index in [0.29, 0.717) is 25.2 Å². The smallest absolute Gasteiger partial charge is 0.242 e. The summed E-state index contributed by atoms with van der Waals surface area (Å²) in [4.78, 5) is 27.2. The van der Waals surface area contributed by atoms with Gasteiger partial charge < -0.3 is 10.2 Å². The van der Waals surface area contributed by atoms with E-state index in [1.54, 1.807) is 24.0 Å². The van der Waals surface area contributed by atoms with Gasteiger partial charge >= 0.3 is 0 Å². The summed E-state index contributed by atoms with van der Waals surface area (Å²) in [6.45, 7) is 8.38. The fourth-order valence-corrected chi connectivity index (χ4v) is 4.64. The number of anilines is 1. The van der Waals surface area contributed by atoms with Crippen molar-refractivity contribution in [3.05, 3.63) is 65.2 Å². The highest BCUT2D eigenvalue weighted by molar-refractivity contribution is 7.92. The number of para-hydroxylation sites is 1. The quantitative estimate of drug-likeness (QED) is 0.542. The van der Waals surface area contributed by atoms with Gasteiger partial charge in [-0.3, -0.25) is 13.9 Å². The minimum atomic E-state index is -3.50. The molecule has 0 saturated carbocycles. The number of carbonyl (C=O) groups is 2. The van der Waals surface area contributed by atoms with E-state index in [0.717, 1.165) is 16.7 Å². The first-order valence-electron chi connectivity index (χ1n) is 11.2. The van der Waals surface area contributed by atoms with Crippen LogP contribution in [0.1, 0.15) is 43.4 Å². The van der Waals surface area contributed by atoms with Gasteiger partial charge in [-0.15, -0.1) is 0 Å². The number of benzene rings is 2. The molecule has 2 aromatic carbocycles. The second kappa shape index (κ2) is 11.8. The summed E-state index contributed by atoms with van der Waals surface area (Å²) in [5, 5.41) is 2.78. The summed E-state index contributed by atoms with van der Waals surface area (Å²) in [5.74, 6) is -0.400. The van der Waals surface area contributed by atoms with Crippen molar-refractivity contribution >= 4 is 27.5 Å². The summed E-state index contributed by atoms with van der Waals surface area (Å²) in [6, 6.07) is 14.5. The van der Waals surface area contributed by atoms with Crippen molar-refractivity contribution in [3.8, 4) is 0 Å². The molecule has 0 spiro atoms. The van der Waals surface area contributed by atoms with Gasteiger partial charge in [0.05, 0.1) is 11.9 Å². The van der Waals surface area contributed by atoms with E-state index in [1.807, 2.05) is 57.2 Å². The number of nitrogens with one attached hydrogen (secondary N) is 1.